The summed E-state index contributed by atoms with van der Waals surface area (Å²) in [4.78, 5) is 11.7. The van der Waals surface area contributed by atoms with Gasteiger partial charge in [-0.25, -0.2) is 0 Å². The van der Waals surface area contributed by atoms with E-state index in [0.717, 1.165) is 10.9 Å². The van der Waals surface area contributed by atoms with Crippen molar-refractivity contribution in [1.82, 2.24) is 9.88 Å². The third-order valence-corrected chi connectivity index (χ3v) is 2.85. The van der Waals surface area contributed by atoms with Crippen molar-refractivity contribution in [3.8, 4) is 6.07 Å². The molecule has 0 fully saturated rings. The molecule has 1 aromatic heterocycles. The molecule has 0 unspecified atom stereocenters. The largest absolute Gasteiger partial charge is 0.383 e. The van der Waals surface area contributed by atoms with E-state index in [1.807, 2.05) is 22.9 Å². The summed E-state index contributed by atoms with van der Waals surface area (Å²) in [6.07, 6.45) is 1.85. The second-order valence-electron chi connectivity index (χ2n) is 4.17. The van der Waals surface area contributed by atoms with E-state index in [4.69, 9.17) is 10.00 Å². The number of hydrogen-bond acceptors (Lipinski definition) is 3. The number of benzene rings is 1. The highest BCUT2D eigenvalue weighted by Gasteiger charge is 2.06. The van der Waals surface area contributed by atoms with Gasteiger partial charge in [0.15, 0.2) is 0 Å². The Morgan fingerprint density at radius 1 is 1.47 bits per heavy atom. The number of ether oxygens (including phenoxy) is 1. The fraction of sp³-hybridized carbons (Fsp3) is 0.286. The molecule has 1 N–H and O–H groups in total. The third-order valence-electron chi connectivity index (χ3n) is 2.85. The van der Waals surface area contributed by atoms with Gasteiger partial charge in [-0.15, -0.1) is 0 Å². The first-order valence-electron chi connectivity index (χ1n) is 5.99. The molecule has 0 bridgehead atoms. The van der Waals surface area contributed by atoms with E-state index in [1.54, 1.807) is 19.2 Å². The van der Waals surface area contributed by atoms with E-state index in [-0.39, 0.29) is 12.5 Å². The van der Waals surface area contributed by atoms with Crippen LogP contribution in [0.2, 0.25) is 0 Å². The van der Waals surface area contributed by atoms with Gasteiger partial charge in [-0.3, -0.25) is 4.79 Å². The van der Waals surface area contributed by atoms with Gasteiger partial charge in [-0.2, -0.15) is 5.26 Å². The van der Waals surface area contributed by atoms with Crippen molar-refractivity contribution in [2.24, 2.45) is 0 Å². The molecule has 1 aromatic carbocycles. The van der Waals surface area contributed by atoms with E-state index < -0.39 is 0 Å². The van der Waals surface area contributed by atoms with Crippen molar-refractivity contribution in [1.29, 1.82) is 5.26 Å². The van der Waals surface area contributed by atoms with Crippen LogP contribution in [0.25, 0.3) is 10.9 Å². The van der Waals surface area contributed by atoms with Gasteiger partial charge in [0.25, 0.3) is 0 Å². The highest BCUT2D eigenvalue weighted by Crippen LogP contribution is 2.17. The number of carbonyl (C=O) groups is 1. The number of carbonyl (C=O) groups excluding carboxylic acids is 1. The molecule has 2 rings (SSSR count). The maximum atomic E-state index is 11.7. The maximum Gasteiger partial charge on any atom is 0.240 e. The van der Waals surface area contributed by atoms with Crippen molar-refractivity contribution < 1.29 is 9.53 Å². The van der Waals surface area contributed by atoms with Crippen molar-refractivity contribution in [3.05, 3.63) is 36.0 Å². The van der Waals surface area contributed by atoms with E-state index in [1.165, 1.54) is 0 Å². The molecule has 0 saturated carbocycles. The minimum atomic E-state index is -0.0723. The van der Waals surface area contributed by atoms with Crippen LogP contribution in [0.3, 0.4) is 0 Å². The van der Waals surface area contributed by atoms with Gasteiger partial charge in [-0.1, -0.05) is 6.07 Å². The zero-order valence-corrected chi connectivity index (χ0v) is 10.7. The lowest BCUT2D eigenvalue weighted by atomic mass is 10.2. The average Bonchev–Trinajstić information content (AvgIpc) is 2.81. The molecule has 1 amide bonds. The lowest BCUT2D eigenvalue weighted by molar-refractivity contribution is -0.121. The molecule has 0 aliphatic rings. The summed E-state index contributed by atoms with van der Waals surface area (Å²) in [6, 6.07) is 9.47. The van der Waals surface area contributed by atoms with E-state index in [2.05, 4.69) is 11.4 Å². The molecule has 5 heteroatoms. The summed E-state index contributed by atoms with van der Waals surface area (Å²) in [5.74, 6) is -0.0723. The Bertz CT molecular complexity index is 625. The minimum absolute atomic E-state index is 0.0723. The lowest BCUT2D eigenvalue weighted by Crippen LogP contribution is -2.30. The Morgan fingerprint density at radius 2 is 2.32 bits per heavy atom. The van der Waals surface area contributed by atoms with Crippen LogP contribution in [0.5, 0.6) is 0 Å². The number of methoxy groups -OCH3 is 1. The number of aromatic nitrogens is 1. The molecule has 0 spiro atoms. The Labute approximate surface area is 111 Å². The monoisotopic (exact) mass is 257 g/mol. The van der Waals surface area contributed by atoms with Gasteiger partial charge in [0.05, 0.1) is 18.2 Å². The second-order valence-corrected chi connectivity index (χ2v) is 4.17. The smallest absolute Gasteiger partial charge is 0.240 e. The van der Waals surface area contributed by atoms with Crippen molar-refractivity contribution in [2.75, 3.05) is 20.3 Å². The molecule has 0 saturated heterocycles. The fourth-order valence-corrected chi connectivity index (χ4v) is 1.89. The lowest BCUT2D eigenvalue weighted by Gasteiger charge is -2.07. The predicted octanol–water partition coefficient (Wildman–Crippen LogP) is 1.28. The maximum absolute atomic E-state index is 11.7. The van der Waals surface area contributed by atoms with E-state index in [9.17, 15) is 4.79 Å². The van der Waals surface area contributed by atoms with Crippen LogP contribution in [0.4, 0.5) is 0 Å². The van der Waals surface area contributed by atoms with Crippen LogP contribution in [0.15, 0.2) is 30.5 Å². The van der Waals surface area contributed by atoms with Gasteiger partial charge in [0.1, 0.15) is 6.54 Å². The third kappa shape index (κ3) is 3.12. The molecule has 98 valence electrons. The molecule has 0 atom stereocenters. The summed E-state index contributed by atoms with van der Waals surface area (Å²) in [7, 11) is 1.59. The highest BCUT2D eigenvalue weighted by atomic mass is 16.5. The first kappa shape index (κ1) is 13.1. The summed E-state index contributed by atoms with van der Waals surface area (Å²) >= 11 is 0. The Balaban J connectivity index is 2.12. The summed E-state index contributed by atoms with van der Waals surface area (Å²) in [5.41, 5.74) is 1.48. The summed E-state index contributed by atoms with van der Waals surface area (Å²) in [5, 5.41) is 12.7. The highest BCUT2D eigenvalue weighted by molar-refractivity contribution is 5.84. The number of hydrogen-bond donors (Lipinski definition) is 1. The van der Waals surface area contributed by atoms with Crippen LogP contribution in [0, 0.1) is 11.3 Å². The van der Waals surface area contributed by atoms with E-state index >= 15 is 0 Å². The van der Waals surface area contributed by atoms with Gasteiger partial charge in [-0.05, 0) is 23.6 Å². The zero-order chi connectivity index (χ0) is 13.7. The normalized spacial score (nSPS) is 10.3. The standard InChI is InChI=1S/C14H15N3O2/c1-19-7-5-16-14(18)10-17-6-4-12-3-2-11(9-15)8-13(12)17/h2-4,6,8H,5,7,10H2,1H3,(H,16,18). The Morgan fingerprint density at radius 3 is 3.05 bits per heavy atom. The van der Waals surface area contributed by atoms with Crippen LogP contribution in [-0.4, -0.2) is 30.7 Å². The molecule has 19 heavy (non-hydrogen) atoms. The van der Waals surface area contributed by atoms with Crippen molar-refractivity contribution >= 4 is 16.8 Å². The molecule has 2 aromatic rings. The van der Waals surface area contributed by atoms with E-state index in [0.29, 0.717) is 18.7 Å². The van der Waals surface area contributed by atoms with Crippen molar-refractivity contribution in [2.45, 2.75) is 6.54 Å². The predicted molar refractivity (Wildman–Crippen MR) is 71.5 cm³/mol. The number of fused-ring (bicyclic) bond motifs is 1. The topological polar surface area (TPSA) is 67.0 Å². The van der Waals surface area contributed by atoms with Crippen LogP contribution in [-0.2, 0) is 16.1 Å². The molecule has 1 heterocycles. The molecule has 0 aliphatic heterocycles. The van der Waals surface area contributed by atoms with Gasteiger partial charge in [0.2, 0.25) is 5.91 Å². The first-order valence-corrected chi connectivity index (χ1v) is 5.99. The first-order chi connectivity index (χ1) is 9.24. The van der Waals surface area contributed by atoms with Crippen LogP contribution < -0.4 is 5.32 Å². The summed E-state index contributed by atoms with van der Waals surface area (Å²) in [6.45, 7) is 1.23. The van der Waals surface area contributed by atoms with Crippen molar-refractivity contribution in [3.63, 3.8) is 0 Å². The molecule has 0 radical (unpaired) electrons. The molecule has 0 aliphatic carbocycles. The molecule has 5 nitrogen and oxygen atoms in total. The number of nitrogens with one attached hydrogen (secondary N) is 1. The van der Waals surface area contributed by atoms with Gasteiger partial charge >= 0.3 is 0 Å². The average molecular weight is 257 g/mol. The number of nitrogens with zero attached hydrogens (tertiary/aromatic N) is 2. The zero-order valence-electron chi connectivity index (χ0n) is 10.7. The van der Waals surface area contributed by atoms with Crippen LogP contribution >= 0.6 is 0 Å². The van der Waals surface area contributed by atoms with Gasteiger partial charge in [0, 0.05) is 25.4 Å². The fourth-order valence-electron chi connectivity index (χ4n) is 1.89. The molecular weight excluding hydrogens is 242 g/mol. The SMILES string of the molecule is COCCNC(=O)Cn1ccc2ccc(C#N)cc21. The van der Waals surface area contributed by atoms with Gasteiger partial charge < -0.3 is 14.6 Å². The minimum Gasteiger partial charge on any atom is -0.383 e. The molecular formula is C14H15N3O2. The number of nitriles is 1. The Kier molecular flexibility index (Phi) is 4.16. The summed E-state index contributed by atoms with van der Waals surface area (Å²) < 4.78 is 6.70. The quantitative estimate of drug-likeness (QED) is 0.820. The number of rotatable bonds is 5. The second kappa shape index (κ2) is 6.03. The Hall–Kier alpha value is -2.32. The number of amides is 1. The van der Waals surface area contributed by atoms with Crippen LogP contribution in [0.1, 0.15) is 5.56 Å².